The Morgan fingerprint density at radius 1 is 0.935 bits per heavy atom. The normalized spacial score (nSPS) is 14.0. The summed E-state index contributed by atoms with van der Waals surface area (Å²) in [4.78, 5) is 51.2. The monoisotopic (exact) mass is 416 g/mol. The summed E-state index contributed by atoms with van der Waals surface area (Å²) in [5.74, 6) is -1.70. The Labute approximate surface area is 177 Å². The van der Waals surface area contributed by atoms with E-state index in [1.54, 1.807) is 68.4 Å². The number of benzene rings is 2. The number of fused-ring (bicyclic) bond motifs is 1. The smallest absolute Gasteiger partial charge is 0.264 e. The van der Waals surface area contributed by atoms with E-state index in [2.05, 4.69) is 15.5 Å². The molecule has 1 aliphatic heterocycles. The molecule has 8 heteroatoms. The first-order valence-electron chi connectivity index (χ1n) is 9.81. The summed E-state index contributed by atoms with van der Waals surface area (Å²) >= 11 is 0. The van der Waals surface area contributed by atoms with Crippen LogP contribution in [0.15, 0.2) is 65.5 Å². The molecule has 0 saturated heterocycles. The van der Waals surface area contributed by atoms with E-state index in [1.807, 2.05) is 0 Å². The van der Waals surface area contributed by atoms with Crippen LogP contribution in [-0.2, 0) is 4.79 Å². The SMILES string of the molecule is CC(C)C(C(=O)Nc1cccc(-c2ccc(=O)[nH]n2)c1)N1C(=O)c2ccccc2C1=O. The predicted molar refractivity (Wildman–Crippen MR) is 114 cm³/mol. The van der Waals surface area contributed by atoms with Gasteiger partial charge in [-0.2, -0.15) is 5.10 Å². The predicted octanol–water partition coefficient (Wildman–Crippen LogP) is 2.70. The second-order valence-corrected chi connectivity index (χ2v) is 7.59. The maximum Gasteiger partial charge on any atom is 0.264 e. The van der Waals surface area contributed by atoms with Gasteiger partial charge >= 0.3 is 0 Å². The minimum Gasteiger partial charge on any atom is -0.324 e. The molecule has 0 fully saturated rings. The third kappa shape index (κ3) is 3.75. The highest BCUT2D eigenvalue weighted by molar-refractivity contribution is 6.23. The second-order valence-electron chi connectivity index (χ2n) is 7.59. The average Bonchev–Trinajstić information content (AvgIpc) is 3.00. The van der Waals surface area contributed by atoms with E-state index in [0.29, 0.717) is 28.1 Å². The van der Waals surface area contributed by atoms with Crippen molar-refractivity contribution in [1.82, 2.24) is 15.1 Å². The Bertz CT molecular complexity index is 1190. The number of aromatic nitrogens is 2. The zero-order valence-electron chi connectivity index (χ0n) is 17.0. The van der Waals surface area contributed by atoms with Gasteiger partial charge in [-0.05, 0) is 36.2 Å². The van der Waals surface area contributed by atoms with Crippen LogP contribution in [0.25, 0.3) is 11.3 Å². The van der Waals surface area contributed by atoms with Gasteiger partial charge in [-0.1, -0.05) is 38.1 Å². The average molecular weight is 416 g/mol. The van der Waals surface area contributed by atoms with Gasteiger partial charge in [0.15, 0.2) is 0 Å². The van der Waals surface area contributed by atoms with E-state index in [-0.39, 0.29) is 11.5 Å². The van der Waals surface area contributed by atoms with Gasteiger partial charge in [0, 0.05) is 17.3 Å². The summed E-state index contributed by atoms with van der Waals surface area (Å²) in [7, 11) is 0. The van der Waals surface area contributed by atoms with Crippen molar-refractivity contribution in [3.63, 3.8) is 0 Å². The molecule has 31 heavy (non-hydrogen) atoms. The number of hydrogen-bond acceptors (Lipinski definition) is 5. The topological polar surface area (TPSA) is 112 Å². The number of anilines is 1. The molecule has 4 rings (SSSR count). The number of carbonyl (C=O) groups is 3. The van der Waals surface area contributed by atoms with Crippen molar-refractivity contribution in [2.75, 3.05) is 5.32 Å². The van der Waals surface area contributed by atoms with Crippen LogP contribution in [0, 0.1) is 5.92 Å². The maximum atomic E-state index is 13.2. The molecular weight excluding hydrogens is 396 g/mol. The van der Waals surface area contributed by atoms with Gasteiger partial charge in [-0.25, -0.2) is 5.10 Å². The van der Waals surface area contributed by atoms with Crippen LogP contribution in [0.5, 0.6) is 0 Å². The molecule has 1 aromatic heterocycles. The van der Waals surface area contributed by atoms with Gasteiger partial charge in [0.1, 0.15) is 6.04 Å². The summed E-state index contributed by atoms with van der Waals surface area (Å²) < 4.78 is 0. The number of nitrogens with one attached hydrogen (secondary N) is 2. The van der Waals surface area contributed by atoms with Crippen LogP contribution >= 0.6 is 0 Å². The highest BCUT2D eigenvalue weighted by atomic mass is 16.2. The second kappa shape index (κ2) is 7.98. The third-order valence-electron chi connectivity index (χ3n) is 5.11. The number of amides is 3. The molecule has 0 saturated carbocycles. The first-order chi connectivity index (χ1) is 14.9. The fourth-order valence-corrected chi connectivity index (χ4v) is 3.66. The number of imide groups is 1. The molecule has 0 aliphatic carbocycles. The van der Waals surface area contributed by atoms with Crippen molar-refractivity contribution in [3.05, 3.63) is 82.1 Å². The fraction of sp³-hybridized carbons (Fsp3) is 0.174. The zero-order valence-corrected chi connectivity index (χ0v) is 17.0. The zero-order chi connectivity index (χ0) is 22.1. The molecule has 1 atom stereocenters. The number of carbonyl (C=O) groups excluding carboxylic acids is 3. The number of nitrogens with zero attached hydrogens (tertiary/aromatic N) is 2. The lowest BCUT2D eigenvalue weighted by atomic mass is 10.0. The van der Waals surface area contributed by atoms with Crippen LogP contribution < -0.4 is 10.9 Å². The maximum absolute atomic E-state index is 13.2. The fourth-order valence-electron chi connectivity index (χ4n) is 3.66. The van der Waals surface area contributed by atoms with E-state index in [9.17, 15) is 19.2 Å². The number of H-pyrrole nitrogens is 1. The molecule has 0 bridgehead atoms. The molecule has 1 aliphatic rings. The van der Waals surface area contributed by atoms with E-state index in [4.69, 9.17) is 0 Å². The molecule has 156 valence electrons. The van der Waals surface area contributed by atoms with Gasteiger partial charge in [-0.15, -0.1) is 0 Å². The molecule has 3 amide bonds. The van der Waals surface area contributed by atoms with E-state index in [1.165, 1.54) is 6.07 Å². The molecule has 2 aromatic carbocycles. The first kappa shape index (κ1) is 20.2. The largest absolute Gasteiger partial charge is 0.324 e. The molecule has 2 N–H and O–H groups in total. The Balaban J connectivity index is 1.60. The van der Waals surface area contributed by atoms with Crippen LogP contribution in [0.2, 0.25) is 0 Å². The summed E-state index contributed by atoms with van der Waals surface area (Å²) in [6.45, 7) is 3.57. The lowest BCUT2D eigenvalue weighted by molar-refractivity contribution is -0.121. The standard InChI is InChI=1S/C23H20N4O4/c1-13(2)20(27-22(30)16-8-3-4-9-17(16)23(27)31)21(29)24-15-7-5-6-14(12-15)18-10-11-19(28)26-25-18/h3-13,20H,1-2H3,(H,24,29)(H,26,28). The third-order valence-corrected chi connectivity index (χ3v) is 5.11. The van der Waals surface area contributed by atoms with Crippen molar-refractivity contribution in [2.24, 2.45) is 5.92 Å². The van der Waals surface area contributed by atoms with Gasteiger partial charge in [0.2, 0.25) is 5.91 Å². The van der Waals surface area contributed by atoms with Crippen LogP contribution in [0.4, 0.5) is 5.69 Å². The Morgan fingerprint density at radius 3 is 2.19 bits per heavy atom. The molecule has 0 radical (unpaired) electrons. The van der Waals surface area contributed by atoms with Gasteiger partial charge in [0.05, 0.1) is 16.8 Å². The highest BCUT2D eigenvalue weighted by Crippen LogP contribution is 2.28. The Kier molecular flexibility index (Phi) is 5.21. The number of rotatable bonds is 5. The lowest BCUT2D eigenvalue weighted by Gasteiger charge is -2.28. The summed E-state index contributed by atoms with van der Waals surface area (Å²) in [5.41, 5.74) is 2.01. The summed E-state index contributed by atoms with van der Waals surface area (Å²) in [5, 5.41) is 9.17. The van der Waals surface area contributed by atoms with Crippen LogP contribution in [-0.4, -0.2) is 38.9 Å². The molecular formula is C23H20N4O4. The summed E-state index contributed by atoms with van der Waals surface area (Å²) in [6, 6.07) is 15.5. The number of aromatic amines is 1. The van der Waals surface area contributed by atoms with Crippen molar-refractivity contribution in [3.8, 4) is 11.3 Å². The highest BCUT2D eigenvalue weighted by Gasteiger charge is 2.43. The van der Waals surface area contributed by atoms with Gasteiger partial charge in [0.25, 0.3) is 17.4 Å². The van der Waals surface area contributed by atoms with Gasteiger partial charge in [-0.3, -0.25) is 24.1 Å². The quantitative estimate of drug-likeness (QED) is 0.621. The molecule has 8 nitrogen and oxygen atoms in total. The Hall–Kier alpha value is -4.07. The number of hydrogen-bond donors (Lipinski definition) is 2. The summed E-state index contributed by atoms with van der Waals surface area (Å²) in [6.07, 6.45) is 0. The molecule has 1 unspecified atom stereocenters. The molecule has 0 spiro atoms. The lowest BCUT2D eigenvalue weighted by Crippen LogP contribution is -2.50. The van der Waals surface area contributed by atoms with Crippen LogP contribution in [0.1, 0.15) is 34.6 Å². The van der Waals surface area contributed by atoms with Crippen molar-refractivity contribution >= 4 is 23.4 Å². The van der Waals surface area contributed by atoms with E-state index < -0.39 is 23.8 Å². The first-order valence-corrected chi connectivity index (χ1v) is 9.81. The van der Waals surface area contributed by atoms with Crippen molar-refractivity contribution in [1.29, 1.82) is 0 Å². The molecule has 3 aromatic rings. The van der Waals surface area contributed by atoms with Crippen molar-refractivity contribution < 1.29 is 14.4 Å². The molecule has 2 heterocycles. The van der Waals surface area contributed by atoms with Gasteiger partial charge < -0.3 is 5.32 Å². The minimum atomic E-state index is -0.970. The van der Waals surface area contributed by atoms with Crippen molar-refractivity contribution in [2.45, 2.75) is 19.9 Å². The van der Waals surface area contributed by atoms with Crippen LogP contribution in [0.3, 0.4) is 0 Å². The Morgan fingerprint density at radius 2 is 1.61 bits per heavy atom. The van der Waals surface area contributed by atoms with E-state index >= 15 is 0 Å². The minimum absolute atomic E-state index is 0.300. The van der Waals surface area contributed by atoms with E-state index in [0.717, 1.165) is 4.90 Å².